The van der Waals surface area contributed by atoms with Crippen molar-refractivity contribution >= 4 is 27.5 Å². The van der Waals surface area contributed by atoms with E-state index in [0.29, 0.717) is 0 Å². The fourth-order valence-electron chi connectivity index (χ4n) is 0.816. The Hall–Kier alpha value is -0.430. The van der Waals surface area contributed by atoms with Gasteiger partial charge in [-0.15, -0.1) is 0 Å². The van der Waals surface area contributed by atoms with Gasteiger partial charge in [-0.1, -0.05) is 11.6 Å². The van der Waals surface area contributed by atoms with Crippen LogP contribution in [0.15, 0.2) is 10.5 Å². The Kier molecular flexibility index (Phi) is 3.55. The number of hydrogen-bond donors (Lipinski definition) is 0. The van der Waals surface area contributed by atoms with E-state index in [2.05, 4.69) is 20.9 Å². The van der Waals surface area contributed by atoms with Crippen molar-refractivity contribution in [1.29, 1.82) is 0 Å². The van der Waals surface area contributed by atoms with E-state index in [1.165, 1.54) is 0 Å². The Balaban J connectivity index is 3.38. The highest BCUT2D eigenvalue weighted by Crippen LogP contribution is 2.38. The van der Waals surface area contributed by atoms with Crippen LogP contribution in [0, 0.1) is 0 Å². The molecule has 1 heterocycles. The zero-order valence-corrected chi connectivity index (χ0v) is 9.09. The highest BCUT2D eigenvalue weighted by Gasteiger charge is 2.37. The van der Waals surface area contributed by atoms with Gasteiger partial charge < -0.3 is 0 Å². The summed E-state index contributed by atoms with van der Waals surface area (Å²) in [5.74, 6) is 0. The van der Waals surface area contributed by atoms with Crippen molar-refractivity contribution in [2.75, 3.05) is 0 Å². The van der Waals surface area contributed by atoms with Crippen LogP contribution in [0.2, 0.25) is 5.02 Å². The maximum Gasteiger partial charge on any atom is 0.434 e. The summed E-state index contributed by atoms with van der Waals surface area (Å²) in [4.78, 5) is 2.77. The molecule has 0 atom stereocenters. The summed E-state index contributed by atoms with van der Waals surface area (Å²) in [7, 11) is 0. The molecule has 15 heavy (non-hydrogen) atoms. The monoisotopic (exact) mass is 309 g/mol. The SMILES string of the molecule is FC(F)c1cc(Br)c(Cl)c(C(F)(F)F)n1. The summed E-state index contributed by atoms with van der Waals surface area (Å²) in [5, 5.41) is -0.730. The van der Waals surface area contributed by atoms with E-state index >= 15 is 0 Å². The van der Waals surface area contributed by atoms with Crippen molar-refractivity contribution in [3.05, 3.63) is 26.9 Å². The molecule has 84 valence electrons. The molecule has 0 saturated heterocycles. The first-order chi connectivity index (χ1) is 6.73. The minimum atomic E-state index is -4.86. The molecule has 1 nitrogen and oxygen atoms in total. The summed E-state index contributed by atoms with van der Waals surface area (Å²) < 4.78 is 60.8. The summed E-state index contributed by atoms with van der Waals surface area (Å²) in [6.45, 7) is 0. The lowest BCUT2D eigenvalue weighted by Gasteiger charge is -2.10. The number of halogens is 7. The molecular formula is C7H2BrClF5N. The Morgan fingerprint density at radius 3 is 2.27 bits per heavy atom. The summed E-state index contributed by atoms with van der Waals surface area (Å²) >= 11 is 7.93. The predicted octanol–water partition coefficient (Wildman–Crippen LogP) is 4.45. The first-order valence-electron chi connectivity index (χ1n) is 3.44. The average Bonchev–Trinajstić information content (AvgIpc) is 2.06. The van der Waals surface area contributed by atoms with Crippen LogP contribution in [0.1, 0.15) is 17.8 Å². The number of nitrogens with zero attached hydrogens (tertiary/aromatic N) is 1. The zero-order valence-electron chi connectivity index (χ0n) is 6.75. The van der Waals surface area contributed by atoms with Crippen LogP contribution in [-0.4, -0.2) is 4.98 Å². The molecule has 1 aromatic heterocycles. The van der Waals surface area contributed by atoms with Crippen molar-refractivity contribution in [3.8, 4) is 0 Å². The molecule has 0 saturated carbocycles. The van der Waals surface area contributed by atoms with Gasteiger partial charge in [-0.3, -0.25) is 0 Å². The van der Waals surface area contributed by atoms with E-state index in [-0.39, 0.29) is 4.47 Å². The Bertz CT molecular complexity index is 378. The topological polar surface area (TPSA) is 12.9 Å². The van der Waals surface area contributed by atoms with Gasteiger partial charge in [0.15, 0.2) is 5.69 Å². The molecule has 1 aromatic rings. The lowest BCUT2D eigenvalue weighted by Crippen LogP contribution is -2.11. The minimum absolute atomic E-state index is 0.262. The highest BCUT2D eigenvalue weighted by atomic mass is 79.9. The van der Waals surface area contributed by atoms with E-state index in [0.717, 1.165) is 6.07 Å². The molecule has 0 bridgehead atoms. The molecule has 0 spiro atoms. The van der Waals surface area contributed by atoms with Crippen LogP contribution in [-0.2, 0) is 6.18 Å². The Morgan fingerprint density at radius 2 is 1.87 bits per heavy atom. The van der Waals surface area contributed by atoms with Crippen molar-refractivity contribution in [1.82, 2.24) is 4.98 Å². The van der Waals surface area contributed by atoms with E-state index < -0.39 is 29.0 Å². The molecular weight excluding hydrogens is 308 g/mol. The molecule has 0 amide bonds. The maximum absolute atomic E-state index is 12.3. The Labute approximate surface area is 94.4 Å². The molecule has 1 rings (SSSR count). The molecule has 0 unspecified atom stereocenters. The zero-order chi connectivity index (χ0) is 11.8. The van der Waals surface area contributed by atoms with E-state index in [1.54, 1.807) is 0 Å². The largest absolute Gasteiger partial charge is 0.434 e. The third kappa shape index (κ3) is 2.78. The lowest BCUT2D eigenvalue weighted by molar-refractivity contribution is -0.141. The van der Waals surface area contributed by atoms with Crippen molar-refractivity contribution in [3.63, 3.8) is 0 Å². The average molecular weight is 310 g/mol. The van der Waals surface area contributed by atoms with Gasteiger partial charge in [0.05, 0.1) is 5.02 Å². The van der Waals surface area contributed by atoms with Crippen LogP contribution in [0.5, 0.6) is 0 Å². The van der Waals surface area contributed by atoms with E-state index in [9.17, 15) is 22.0 Å². The lowest BCUT2D eigenvalue weighted by atomic mass is 10.3. The smallest absolute Gasteiger partial charge is 0.241 e. The van der Waals surface area contributed by atoms with Gasteiger partial charge in [-0.05, 0) is 22.0 Å². The fraction of sp³-hybridized carbons (Fsp3) is 0.286. The molecule has 0 radical (unpaired) electrons. The van der Waals surface area contributed by atoms with Crippen LogP contribution in [0.25, 0.3) is 0 Å². The predicted molar refractivity (Wildman–Crippen MR) is 46.9 cm³/mol. The standard InChI is InChI=1S/C7H2BrClF5N/c8-2-1-3(6(10)11)15-5(4(2)9)7(12,13)14/h1,6H. The molecule has 0 aromatic carbocycles. The van der Waals surface area contributed by atoms with Gasteiger partial charge in [-0.25, -0.2) is 13.8 Å². The minimum Gasteiger partial charge on any atom is -0.241 e. The van der Waals surface area contributed by atoms with Gasteiger partial charge >= 0.3 is 6.18 Å². The Morgan fingerprint density at radius 1 is 1.33 bits per heavy atom. The van der Waals surface area contributed by atoms with Crippen LogP contribution >= 0.6 is 27.5 Å². The number of pyridine rings is 1. The van der Waals surface area contributed by atoms with Gasteiger partial charge in [0, 0.05) is 4.47 Å². The van der Waals surface area contributed by atoms with Crippen molar-refractivity contribution < 1.29 is 22.0 Å². The molecule has 0 N–H and O–H groups in total. The van der Waals surface area contributed by atoms with Crippen LogP contribution in [0.3, 0.4) is 0 Å². The third-order valence-corrected chi connectivity index (χ3v) is 2.66. The second kappa shape index (κ2) is 4.21. The molecule has 0 aliphatic rings. The van der Waals surface area contributed by atoms with Crippen LogP contribution in [0.4, 0.5) is 22.0 Å². The summed E-state index contributed by atoms with van der Waals surface area (Å²) in [6.07, 6.45) is -7.94. The van der Waals surface area contributed by atoms with Gasteiger partial charge in [0.1, 0.15) is 5.69 Å². The third-order valence-electron chi connectivity index (χ3n) is 1.43. The normalized spacial score (nSPS) is 12.3. The quantitative estimate of drug-likeness (QED) is 0.698. The molecule has 0 fully saturated rings. The van der Waals surface area contributed by atoms with E-state index in [4.69, 9.17) is 11.6 Å². The number of alkyl halides is 5. The van der Waals surface area contributed by atoms with Gasteiger partial charge in [-0.2, -0.15) is 13.2 Å². The molecule has 0 aliphatic carbocycles. The molecule has 8 heteroatoms. The van der Waals surface area contributed by atoms with Crippen LogP contribution < -0.4 is 0 Å². The van der Waals surface area contributed by atoms with Crippen molar-refractivity contribution in [2.45, 2.75) is 12.6 Å². The van der Waals surface area contributed by atoms with Gasteiger partial charge in [0.2, 0.25) is 0 Å². The number of rotatable bonds is 1. The molecule has 0 aliphatic heterocycles. The summed E-state index contributed by atoms with van der Waals surface area (Å²) in [5.41, 5.74) is -2.49. The first kappa shape index (κ1) is 12.6. The second-order valence-electron chi connectivity index (χ2n) is 2.49. The van der Waals surface area contributed by atoms with Crippen molar-refractivity contribution in [2.24, 2.45) is 0 Å². The first-order valence-corrected chi connectivity index (χ1v) is 4.62. The maximum atomic E-state index is 12.3. The highest BCUT2D eigenvalue weighted by molar-refractivity contribution is 9.10. The summed E-state index contributed by atoms with van der Waals surface area (Å²) in [6, 6.07) is 0.752. The van der Waals surface area contributed by atoms with E-state index in [1.807, 2.05) is 0 Å². The number of aromatic nitrogens is 1. The fourth-order valence-corrected chi connectivity index (χ4v) is 1.44. The van der Waals surface area contributed by atoms with Gasteiger partial charge in [0.25, 0.3) is 6.43 Å². The number of hydrogen-bond acceptors (Lipinski definition) is 1. The second-order valence-corrected chi connectivity index (χ2v) is 3.72.